The van der Waals surface area contributed by atoms with Gasteiger partial charge in [0.05, 0.1) is 0 Å². The molecule has 0 bridgehead atoms. The Morgan fingerprint density at radius 2 is 2.20 bits per heavy atom. The Morgan fingerprint density at radius 1 is 1.40 bits per heavy atom. The number of rotatable bonds is 2. The molecule has 0 unspecified atom stereocenters. The summed E-state index contributed by atoms with van der Waals surface area (Å²) in [5, 5.41) is 0. The van der Waals surface area contributed by atoms with Gasteiger partial charge in [-0.15, -0.1) is 0 Å². The van der Waals surface area contributed by atoms with E-state index in [0.717, 1.165) is 40.4 Å². The third kappa shape index (κ3) is 2.20. The van der Waals surface area contributed by atoms with E-state index in [9.17, 15) is 4.79 Å². The lowest BCUT2D eigenvalue weighted by molar-refractivity contribution is 0.103. The zero-order chi connectivity index (χ0) is 10.8. The van der Waals surface area contributed by atoms with E-state index < -0.39 is 0 Å². The Balaban J connectivity index is 2.33. The summed E-state index contributed by atoms with van der Waals surface area (Å²) in [6.45, 7) is 1.98. The maximum Gasteiger partial charge on any atom is 0.188 e. The minimum atomic E-state index is 0.206. The van der Waals surface area contributed by atoms with Crippen LogP contribution in [0.15, 0.2) is 34.3 Å². The summed E-state index contributed by atoms with van der Waals surface area (Å²) in [6, 6.07) is 5.82. The molecule has 0 heterocycles. The quantitative estimate of drug-likeness (QED) is 0.737. The first kappa shape index (κ1) is 10.6. The molecule has 0 fully saturated rings. The molecule has 0 aromatic heterocycles. The normalized spacial score (nSPS) is 15.2. The minimum Gasteiger partial charge on any atom is -0.289 e. The summed E-state index contributed by atoms with van der Waals surface area (Å²) in [7, 11) is 0. The molecule has 1 aliphatic rings. The van der Waals surface area contributed by atoms with Crippen LogP contribution in [-0.2, 0) is 0 Å². The average molecular weight is 265 g/mol. The smallest absolute Gasteiger partial charge is 0.188 e. The number of benzene rings is 1. The van der Waals surface area contributed by atoms with Crippen LogP contribution in [0.25, 0.3) is 0 Å². The largest absolute Gasteiger partial charge is 0.289 e. The summed E-state index contributed by atoms with van der Waals surface area (Å²) >= 11 is 3.40. The fraction of sp³-hybridized carbons (Fsp3) is 0.308. The molecule has 0 amide bonds. The second-order valence-corrected chi connectivity index (χ2v) is 4.83. The van der Waals surface area contributed by atoms with Crippen molar-refractivity contribution in [2.45, 2.75) is 26.2 Å². The fourth-order valence-electron chi connectivity index (χ4n) is 1.93. The highest BCUT2D eigenvalue weighted by molar-refractivity contribution is 9.10. The SMILES string of the molecule is Cc1cc(Br)ccc1C(=O)C1=CCCC1. The van der Waals surface area contributed by atoms with E-state index in [-0.39, 0.29) is 5.78 Å². The first-order valence-corrected chi connectivity index (χ1v) is 5.97. The number of ketones is 1. The number of carbonyl (C=O) groups is 1. The fourth-order valence-corrected chi connectivity index (χ4v) is 2.41. The van der Waals surface area contributed by atoms with Crippen molar-refractivity contribution in [1.29, 1.82) is 0 Å². The van der Waals surface area contributed by atoms with Crippen LogP contribution in [0.2, 0.25) is 0 Å². The molecule has 2 heteroatoms. The van der Waals surface area contributed by atoms with Crippen molar-refractivity contribution in [3.8, 4) is 0 Å². The monoisotopic (exact) mass is 264 g/mol. The number of Topliss-reactive ketones (excluding diaryl/α,β-unsaturated/α-hetero) is 1. The van der Waals surface area contributed by atoms with E-state index in [4.69, 9.17) is 0 Å². The summed E-state index contributed by atoms with van der Waals surface area (Å²) in [6.07, 6.45) is 5.19. The molecule has 1 aliphatic carbocycles. The van der Waals surface area contributed by atoms with Crippen molar-refractivity contribution < 1.29 is 4.79 Å². The molecular formula is C13H13BrO. The first-order valence-electron chi connectivity index (χ1n) is 5.18. The number of allylic oxidation sites excluding steroid dienone is 2. The van der Waals surface area contributed by atoms with Crippen molar-refractivity contribution in [1.82, 2.24) is 0 Å². The lowest BCUT2D eigenvalue weighted by Gasteiger charge is -2.05. The Labute approximate surface area is 98.3 Å². The molecule has 2 rings (SSSR count). The predicted molar refractivity (Wildman–Crippen MR) is 65.1 cm³/mol. The average Bonchev–Trinajstić information content (AvgIpc) is 2.69. The minimum absolute atomic E-state index is 0.206. The van der Waals surface area contributed by atoms with Crippen LogP contribution in [0.3, 0.4) is 0 Å². The Bertz CT molecular complexity index is 432. The van der Waals surface area contributed by atoms with Gasteiger partial charge in [-0.1, -0.05) is 22.0 Å². The zero-order valence-electron chi connectivity index (χ0n) is 8.72. The van der Waals surface area contributed by atoms with E-state index in [1.54, 1.807) is 0 Å². The molecule has 78 valence electrons. The first-order chi connectivity index (χ1) is 7.18. The molecule has 1 nitrogen and oxygen atoms in total. The van der Waals surface area contributed by atoms with E-state index in [0.29, 0.717) is 0 Å². The van der Waals surface area contributed by atoms with Gasteiger partial charge in [0.2, 0.25) is 0 Å². The second kappa shape index (κ2) is 4.31. The number of hydrogen-bond acceptors (Lipinski definition) is 1. The van der Waals surface area contributed by atoms with Crippen LogP contribution in [0.1, 0.15) is 35.2 Å². The maximum absolute atomic E-state index is 12.1. The van der Waals surface area contributed by atoms with Crippen LogP contribution in [0.5, 0.6) is 0 Å². The van der Waals surface area contributed by atoms with Crippen molar-refractivity contribution in [3.05, 3.63) is 45.4 Å². The lowest BCUT2D eigenvalue weighted by Crippen LogP contribution is -2.03. The molecule has 0 spiro atoms. The number of halogens is 1. The molecule has 0 saturated heterocycles. The van der Waals surface area contributed by atoms with Crippen molar-refractivity contribution in [2.24, 2.45) is 0 Å². The van der Waals surface area contributed by atoms with Crippen molar-refractivity contribution in [3.63, 3.8) is 0 Å². The molecule has 0 N–H and O–H groups in total. The highest BCUT2D eigenvalue weighted by Crippen LogP contribution is 2.24. The topological polar surface area (TPSA) is 17.1 Å². The van der Waals surface area contributed by atoms with Crippen LogP contribution >= 0.6 is 15.9 Å². The van der Waals surface area contributed by atoms with Gasteiger partial charge in [-0.2, -0.15) is 0 Å². The number of hydrogen-bond donors (Lipinski definition) is 0. The summed E-state index contributed by atoms with van der Waals surface area (Å²) in [5.74, 6) is 0.206. The Kier molecular flexibility index (Phi) is 3.06. The van der Waals surface area contributed by atoms with Crippen molar-refractivity contribution in [2.75, 3.05) is 0 Å². The van der Waals surface area contributed by atoms with Crippen LogP contribution in [0.4, 0.5) is 0 Å². The van der Waals surface area contributed by atoms with Gasteiger partial charge in [0.25, 0.3) is 0 Å². The molecule has 1 aromatic carbocycles. The predicted octanol–water partition coefficient (Wildman–Crippen LogP) is 4.05. The van der Waals surface area contributed by atoms with Gasteiger partial charge in [-0.05, 0) is 55.5 Å². The van der Waals surface area contributed by atoms with Crippen LogP contribution < -0.4 is 0 Å². The third-order valence-electron chi connectivity index (χ3n) is 2.77. The van der Waals surface area contributed by atoms with E-state index >= 15 is 0 Å². The molecule has 0 atom stereocenters. The number of carbonyl (C=O) groups excluding carboxylic acids is 1. The summed E-state index contributed by atoms with van der Waals surface area (Å²) in [4.78, 5) is 12.1. The van der Waals surface area contributed by atoms with Crippen LogP contribution in [-0.4, -0.2) is 5.78 Å². The summed E-state index contributed by atoms with van der Waals surface area (Å²) in [5.41, 5.74) is 2.87. The number of aryl methyl sites for hydroxylation is 1. The molecule has 15 heavy (non-hydrogen) atoms. The van der Waals surface area contributed by atoms with Crippen LogP contribution in [0, 0.1) is 6.92 Å². The lowest BCUT2D eigenvalue weighted by atomic mass is 9.99. The van der Waals surface area contributed by atoms with Gasteiger partial charge in [0.15, 0.2) is 5.78 Å². The van der Waals surface area contributed by atoms with Gasteiger partial charge < -0.3 is 0 Å². The molecule has 1 aromatic rings. The maximum atomic E-state index is 12.1. The zero-order valence-corrected chi connectivity index (χ0v) is 10.3. The van der Waals surface area contributed by atoms with E-state index in [1.807, 2.05) is 25.1 Å². The molecule has 0 radical (unpaired) electrons. The van der Waals surface area contributed by atoms with E-state index in [2.05, 4.69) is 22.0 Å². The van der Waals surface area contributed by atoms with Gasteiger partial charge in [0, 0.05) is 10.0 Å². The Morgan fingerprint density at radius 3 is 2.80 bits per heavy atom. The molecule has 0 saturated carbocycles. The van der Waals surface area contributed by atoms with E-state index in [1.165, 1.54) is 0 Å². The standard InChI is InChI=1S/C13H13BrO/c1-9-8-11(14)6-7-12(9)13(15)10-4-2-3-5-10/h4,6-8H,2-3,5H2,1H3. The van der Waals surface area contributed by atoms with Gasteiger partial charge in [-0.25, -0.2) is 0 Å². The van der Waals surface area contributed by atoms with Crippen molar-refractivity contribution >= 4 is 21.7 Å². The Hall–Kier alpha value is -0.890. The highest BCUT2D eigenvalue weighted by atomic mass is 79.9. The van der Waals surface area contributed by atoms with Gasteiger partial charge in [0.1, 0.15) is 0 Å². The third-order valence-corrected chi connectivity index (χ3v) is 3.26. The molecular weight excluding hydrogens is 252 g/mol. The molecule has 0 aliphatic heterocycles. The van der Waals surface area contributed by atoms with Gasteiger partial charge >= 0.3 is 0 Å². The highest BCUT2D eigenvalue weighted by Gasteiger charge is 2.16. The summed E-state index contributed by atoms with van der Waals surface area (Å²) < 4.78 is 1.02. The second-order valence-electron chi connectivity index (χ2n) is 3.91. The van der Waals surface area contributed by atoms with Gasteiger partial charge in [-0.3, -0.25) is 4.79 Å².